The second-order valence-electron chi connectivity index (χ2n) is 4.12. The van der Waals surface area contributed by atoms with Crippen LogP contribution in [-0.4, -0.2) is 51.0 Å². The average Bonchev–Trinajstić information content (AvgIpc) is 2.36. The fourth-order valence-electron chi connectivity index (χ4n) is 1.71. The normalized spacial score (nSPS) is 12.0. The molecule has 0 bridgehead atoms. The van der Waals surface area contributed by atoms with E-state index in [2.05, 4.69) is 15.3 Å². The zero-order valence-electron chi connectivity index (χ0n) is 11.5. The van der Waals surface area contributed by atoms with Crippen molar-refractivity contribution in [3.63, 3.8) is 0 Å². The van der Waals surface area contributed by atoms with Gasteiger partial charge in [0.15, 0.2) is 0 Å². The predicted molar refractivity (Wildman–Crippen MR) is 73.9 cm³/mol. The smallest absolute Gasteiger partial charge is 0.326 e. The Morgan fingerprint density at radius 3 is 2.50 bits per heavy atom. The molecule has 8 heteroatoms. The van der Waals surface area contributed by atoms with Crippen LogP contribution in [0.15, 0.2) is 5.03 Å². The van der Waals surface area contributed by atoms with Crippen LogP contribution in [-0.2, 0) is 4.79 Å². The van der Waals surface area contributed by atoms with Crippen molar-refractivity contribution < 1.29 is 19.8 Å². The van der Waals surface area contributed by atoms with E-state index in [0.29, 0.717) is 16.5 Å². The van der Waals surface area contributed by atoms with Gasteiger partial charge in [0.05, 0.1) is 11.3 Å². The van der Waals surface area contributed by atoms with E-state index in [9.17, 15) is 9.59 Å². The molecule has 20 heavy (non-hydrogen) atoms. The lowest BCUT2D eigenvalue weighted by atomic mass is 10.1. The summed E-state index contributed by atoms with van der Waals surface area (Å²) < 4.78 is 0. The number of carbonyl (C=O) groups is 2. The molecule has 110 valence electrons. The minimum Gasteiger partial charge on any atom is -0.480 e. The van der Waals surface area contributed by atoms with Crippen LogP contribution in [0.5, 0.6) is 0 Å². The van der Waals surface area contributed by atoms with Crippen LogP contribution in [0.1, 0.15) is 28.3 Å². The fourth-order valence-corrected chi connectivity index (χ4v) is 2.38. The molecule has 0 unspecified atom stereocenters. The van der Waals surface area contributed by atoms with E-state index in [0.717, 1.165) is 0 Å². The highest BCUT2D eigenvalue weighted by atomic mass is 32.2. The SMILES string of the molecule is CSc1nc(C)nc(C)c1C(=O)N[C@H](CCO)C(=O)O. The van der Waals surface area contributed by atoms with E-state index < -0.39 is 17.9 Å². The molecule has 7 nitrogen and oxygen atoms in total. The zero-order valence-corrected chi connectivity index (χ0v) is 12.3. The van der Waals surface area contributed by atoms with E-state index in [4.69, 9.17) is 10.2 Å². The number of carboxylic acid groups (broad SMARTS) is 1. The van der Waals surface area contributed by atoms with Crippen molar-refractivity contribution in [3.8, 4) is 0 Å². The van der Waals surface area contributed by atoms with E-state index >= 15 is 0 Å². The highest BCUT2D eigenvalue weighted by molar-refractivity contribution is 7.98. The molecule has 0 fully saturated rings. The summed E-state index contributed by atoms with van der Waals surface area (Å²) in [6.07, 6.45) is 1.72. The Morgan fingerprint density at radius 1 is 1.35 bits per heavy atom. The number of thioether (sulfide) groups is 1. The van der Waals surface area contributed by atoms with Crippen molar-refractivity contribution in [1.82, 2.24) is 15.3 Å². The Balaban J connectivity index is 3.05. The van der Waals surface area contributed by atoms with Crippen molar-refractivity contribution in [2.75, 3.05) is 12.9 Å². The summed E-state index contributed by atoms with van der Waals surface area (Å²) in [5.41, 5.74) is 0.764. The molecule has 0 aliphatic carbocycles. The average molecular weight is 299 g/mol. The summed E-state index contributed by atoms with van der Waals surface area (Å²) in [5.74, 6) is -1.19. The Kier molecular flexibility index (Phi) is 5.90. The molecule has 3 N–H and O–H groups in total. The number of aryl methyl sites for hydroxylation is 2. The van der Waals surface area contributed by atoms with Crippen LogP contribution < -0.4 is 5.32 Å². The van der Waals surface area contributed by atoms with Gasteiger partial charge in [-0.3, -0.25) is 4.79 Å². The second-order valence-corrected chi connectivity index (χ2v) is 4.91. The van der Waals surface area contributed by atoms with Gasteiger partial charge < -0.3 is 15.5 Å². The number of hydrogen-bond donors (Lipinski definition) is 3. The molecule has 0 saturated heterocycles. The van der Waals surface area contributed by atoms with Crippen molar-refractivity contribution in [2.24, 2.45) is 0 Å². The van der Waals surface area contributed by atoms with Crippen LogP contribution in [0.4, 0.5) is 0 Å². The molecule has 0 radical (unpaired) electrons. The third-order valence-corrected chi connectivity index (χ3v) is 3.29. The number of rotatable bonds is 6. The fraction of sp³-hybridized carbons (Fsp3) is 0.500. The van der Waals surface area contributed by atoms with Crippen LogP contribution in [0.25, 0.3) is 0 Å². The van der Waals surface area contributed by atoms with Crippen molar-refractivity contribution in [3.05, 3.63) is 17.1 Å². The van der Waals surface area contributed by atoms with Gasteiger partial charge in [-0.05, 0) is 20.1 Å². The molecule has 0 spiro atoms. The molecular weight excluding hydrogens is 282 g/mol. The molecule has 1 aromatic heterocycles. The molecule has 1 atom stereocenters. The van der Waals surface area contributed by atoms with Crippen molar-refractivity contribution in [1.29, 1.82) is 0 Å². The van der Waals surface area contributed by atoms with Crippen LogP contribution in [0.2, 0.25) is 0 Å². The van der Waals surface area contributed by atoms with Gasteiger partial charge in [-0.1, -0.05) is 0 Å². The van der Waals surface area contributed by atoms with E-state index in [-0.39, 0.29) is 18.6 Å². The number of aliphatic carboxylic acids is 1. The topological polar surface area (TPSA) is 112 Å². The molecule has 0 aliphatic rings. The first-order chi connectivity index (χ1) is 9.40. The van der Waals surface area contributed by atoms with Gasteiger partial charge in [0.25, 0.3) is 5.91 Å². The van der Waals surface area contributed by atoms with Crippen LogP contribution in [0, 0.1) is 13.8 Å². The number of carbonyl (C=O) groups excluding carboxylic acids is 1. The monoisotopic (exact) mass is 299 g/mol. The lowest BCUT2D eigenvalue weighted by Gasteiger charge is -2.15. The summed E-state index contributed by atoms with van der Waals surface area (Å²) in [7, 11) is 0. The maximum atomic E-state index is 12.2. The first kappa shape index (κ1) is 16.4. The summed E-state index contributed by atoms with van der Waals surface area (Å²) in [6.45, 7) is 3.07. The highest BCUT2D eigenvalue weighted by Crippen LogP contribution is 2.20. The maximum absolute atomic E-state index is 12.2. The Labute approximate surface area is 120 Å². The number of nitrogens with one attached hydrogen (secondary N) is 1. The van der Waals surface area contributed by atoms with E-state index in [1.54, 1.807) is 20.1 Å². The van der Waals surface area contributed by atoms with Gasteiger partial charge >= 0.3 is 5.97 Å². The standard InChI is InChI=1S/C12H17N3O4S/c1-6-9(11(20-3)14-7(2)13-6)10(17)15-8(4-5-16)12(18)19/h8,16H,4-5H2,1-3H3,(H,15,17)(H,18,19)/t8-/m1/s1. The van der Waals surface area contributed by atoms with Gasteiger partial charge in [0, 0.05) is 13.0 Å². The maximum Gasteiger partial charge on any atom is 0.326 e. The number of aliphatic hydroxyl groups is 1. The first-order valence-electron chi connectivity index (χ1n) is 5.94. The Morgan fingerprint density at radius 2 is 2.00 bits per heavy atom. The molecular formula is C12H17N3O4S. The number of hydrogen-bond acceptors (Lipinski definition) is 6. The van der Waals surface area contributed by atoms with Gasteiger partial charge in [0.2, 0.25) is 0 Å². The zero-order chi connectivity index (χ0) is 15.3. The molecule has 1 aromatic rings. The van der Waals surface area contributed by atoms with E-state index in [1.165, 1.54) is 11.8 Å². The molecule has 1 rings (SSSR count). The van der Waals surface area contributed by atoms with Crippen LogP contribution in [0.3, 0.4) is 0 Å². The van der Waals surface area contributed by atoms with Crippen molar-refractivity contribution >= 4 is 23.6 Å². The molecule has 0 aliphatic heterocycles. The van der Waals surface area contributed by atoms with Gasteiger partial charge in [-0.15, -0.1) is 11.8 Å². The number of carboxylic acids is 1. The molecule has 0 aromatic carbocycles. The van der Waals surface area contributed by atoms with Gasteiger partial charge in [-0.25, -0.2) is 14.8 Å². The summed E-state index contributed by atoms with van der Waals surface area (Å²) in [5, 5.41) is 20.7. The number of aliphatic hydroxyl groups excluding tert-OH is 1. The summed E-state index contributed by atoms with van der Waals surface area (Å²) >= 11 is 1.29. The first-order valence-corrected chi connectivity index (χ1v) is 7.17. The van der Waals surface area contributed by atoms with Crippen molar-refractivity contribution in [2.45, 2.75) is 31.3 Å². The number of amides is 1. The lowest BCUT2D eigenvalue weighted by molar-refractivity contribution is -0.139. The third kappa shape index (κ3) is 3.91. The lowest BCUT2D eigenvalue weighted by Crippen LogP contribution is -2.42. The molecule has 1 amide bonds. The summed E-state index contributed by atoms with van der Waals surface area (Å²) in [4.78, 5) is 31.5. The number of nitrogens with zero attached hydrogens (tertiary/aromatic N) is 2. The van der Waals surface area contributed by atoms with Gasteiger partial charge in [0.1, 0.15) is 16.9 Å². The second kappa shape index (κ2) is 7.20. The molecule has 0 saturated carbocycles. The van der Waals surface area contributed by atoms with E-state index in [1.807, 2.05) is 0 Å². The minimum absolute atomic E-state index is 0.0541. The highest BCUT2D eigenvalue weighted by Gasteiger charge is 2.24. The molecule has 1 heterocycles. The minimum atomic E-state index is -1.19. The van der Waals surface area contributed by atoms with Gasteiger partial charge in [-0.2, -0.15) is 0 Å². The Bertz CT molecular complexity index is 522. The number of aromatic nitrogens is 2. The quantitative estimate of drug-likeness (QED) is 0.514. The van der Waals surface area contributed by atoms with Crippen LogP contribution >= 0.6 is 11.8 Å². The predicted octanol–water partition coefficient (Wildman–Crippen LogP) is 0.381. The summed E-state index contributed by atoms with van der Waals surface area (Å²) in [6, 6.07) is -1.14. The Hall–Kier alpha value is -1.67. The largest absolute Gasteiger partial charge is 0.480 e. The third-order valence-electron chi connectivity index (χ3n) is 2.61.